The number of likely N-dealkylation sites (tertiary alicyclic amines) is 1. The van der Waals surface area contributed by atoms with Gasteiger partial charge in [0.15, 0.2) is 0 Å². The number of nitrogens with zero attached hydrogens (tertiary/aromatic N) is 3. The van der Waals surface area contributed by atoms with Crippen LogP contribution in [0.1, 0.15) is 41.6 Å². The summed E-state index contributed by atoms with van der Waals surface area (Å²) >= 11 is 0. The highest BCUT2D eigenvalue weighted by atomic mass is 16.2. The summed E-state index contributed by atoms with van der Waals surface area (Å²) in [5, 5.41) is 4.32. The molecule has 0 bridgehead atoms. The Hall–Kier alpha value is -2.10. The van der Waals surface area contributed by atoms with E-state index in [-0.39, 0.29) is 5.91 Å². The topological polar surface area (TPSA) is 38.1 Å². The molecule has 1 aromatic heterocycles. The zero-order valence-electron chi connectivity index (χ0n) is 12.2. The molecule has 4 heteroatoms. The molecular formula is C17H21N3O. The van der Waals surface area contributed by atoms with E-state index in [1.54, 1.807) is 6.20 Å². The molecule has 1 aromatic carbocycles. The van der Waals surface area contributed by atoms with Gasteiger partial charge in [-0.3, -0.25) is 9.48 Å². The largest absolute Gasteiger partial charge is 0.339 e. The van der Waals surface area contributed by atoms with Crippen LogP contribution in [-0.2, 0) is 6.54 Å². The Kier molecular flexibility index (Phi) is 4.34. The summed E-state index contributed by atoms with van der Waals surface area (Å²) in [5.41, 5.74) is 1.89. The highest BCUT2D eigenvalue weighted by Gasteiger charge is 2.18. The minimum absolute atomic E-state index is 0.121. The van der Waals surface area contributed by atoms with Gasteiger partial charge in [-0.05, 0) is 18.4 Å². The van der Waals surface area contributed by atoms with Crippen molar-refractivity contribution in [3.63, 3.8) is 0 Å². The van der Waals surface area contributed by atoms with E-state index in [9.17, 15) is 4.79 Å². The Morgan fingerprint density at radius 3 is 2.48 bits per heavy atom. The summed E-state index contributed by atoms with van der Waals surface area (Å²) < 4.78 is 1.83. The van der Waals surface area contributed by atoms with Crippen molar-refractivity contribution in [2.75, 3.05) is 13.1 Å². The number of carbonyl (C=O) groups excluding carboxylic acids is 1. The van der Waals surface area contributed by atoms with Crippen molar-refractivity contribution in [1.29, 1.82) is 0 Å². The van der Waals surface area contributed by atoms with Crippen LogP contribution in [0.3, 0.4) is 0 Å². The molecule has 0 spiro atoms. The first kappa shape index (κ1) is 13.9. The van der Waals surface area contributed by atoms with Crippen LogP contribution in [0.15, 0.2) is 42.7 Å². The summed E-state index contributed by atoms with van der Waals surface area (Å²) in [6, 6.07) is 10.2. The van der Waals surface area contributed by atoms with Gasteiger partial charge in [-0.2, -0.15) is 5.10 Å². The second kappa shape index (κ2) is 6.57. The molecule has 1 amide bonds. The minimum atomic E-state index is 0.121. The molecule has 21 heavy (non-hydrogen) atoms. The molecule has 1 aliphatic heterocycles. The molecule has 0 radical (unpaired) electrons. The molecule has 0 atom stereocenters. The lowest BCUT2D eigenvalue weighted by Gasteiger charge is -2.19. The Bertz CT molecular complexity index is 583. The van der Waals surface area contributed by atoms with E-state index >= 15 is 0 Å². The fourth-order valence-electron chi connectivity index (χ4n) is 2.79. The molecule has 2 heterocycles. The Morgan fingerprint density at radius 1 is 1.05 bits per heavy atom. The van der Waals surface area contributed by atoms with Gasteiger partial charge >= 0.3 is 0 Å². The molecular weight excluding hydrogens is 262 g/mol. The normalized spacial score (nSPS) is 15.7. The number of hydrogen-bond donors (Lipinski definition) is 0. The molecule has 2 aromatic rings. The molecule has 1 fully saturated rings. The van der Waals surface area contributed by atoms with Gasteiger partial charge in [-0.1, -0.05) is 43.2 Å². The molecule has 3 rings (SSSR count). The van der Waals surface area contributed by atoms with Crippen molar-refractivity contribution in [1.82, 2.24) is 14.7 Å². The van der Waals surface area contributed by atoms with Gasteiger partial charge in [-0.25, -0.2) is 0 Å². The number of benzene rings is 1. The zero-order chi connectivity index (χ0) is 14.5. The zero-order valence-corrected chi connectivity index (χ0v) is 12.2. The number of aromatic nitrogens is 2. The van der Waals surface area contributed by atoms with Crippen LogP contribution in [0.2, 0.25) is 0 Å². The molecule has 110 valence electrons. The molecule has 0 unspecified atom stereocenters. The Labute approximate surface area is 125 Å². The average molecular weight is 283 g/mol. The quantitative estimate of drug-likeness (QED) is 0.868. The first-order valence-corrected chi connectivity index (χ1v) is 7.68. The van der Waals surface area contributed by atoms with Crippen molar-refractivity contribution < 1.29 is 4.79 Å². The van der Waals surface area contributed by atoms with Gasteiger partial charge in [0.2, 0.25) is 0 Å². The Balaban J connectivity index is 1.67. The second-order valence-corrected chi connectivity index (χ2v) is 5.62. The molecule has 0 aliphatic carbocycles. The first-order valence-electron chi connectivity index (χ1n) is 7.68. The van der Waals surface area contributed by atoms with Crippen molar-refractivity contribution in [2.24, 2.45) is 0 Å². The van der Waals surface area contributed by atoms with Gasteiger partial charge in [0, 0.05) is 19.3 Å². The van der Waals surface area contributed by atoms with Crippen molar-refractivity contribution in [3.05, 3.63) is 53.9 Å². The maximum absolute atomic E-state index is 12.5. The monoisotopic (exact) mass is 283 g/mol. The van der Waals surface area contributed by atoms with Crippen LogP contribution in [-0.4, -0.2) is 33.7 Å². The fourth-order valence-corrected chi connectivity index (χ4v) is 2.79. The minimum Gasteiger partial charge on any atom is -0.339 e. The lowest BCUT2D eigenvalue weighted by Crippen LogP contribution is -2.31. The fraction of sp³-hybridized carbons (Fsp3) is 0.412. The van der Waals surface area contributed by atoms with Gasteiger partial charge < -0.3 is 4.90 Å². The molecule has 4 nitrogen and oxygen atoms in total. The van der Waals surface area contributed by atoms with E-state index in [4.69, 9.17) is 0 Å². The smallest absolute Gasteiger partial charge is 0.257 e. The molecule has 0 N–H and O–H groups in total. The number of amides is 1. The SMILES string of the molecule is O=C(c1cnn(Cc2ccccc2)c1)N1CCCCCC1. The van der Waals surface area contributed by atoms with E-state index in [0.29, 0.717) is 12.1 Å². The van der Waals surface area contributed by atoms with Gasteiger partial charge in [0.05, 0.1) is 18.3 Å². The third kappa shape index (κ3) is 3.51. The lowest BCUT2D eigenvalue weighted by atomic mass is 10.2. The number of rotatable bonds is 3. The number of carbonyl (C=O) groups is 1. The van der Waals surface area contributed by atoms with E-state index in [2.05, 4.69) is 17.2 Å². The lowest BCUT2D eigenvalue weighted by molar-refractivity contribution is 0.0761. The van der Waals surface area contributed by atoms with Crippen LogP contribution in [0.5, 0.6) is 0 Å². The maximum atomic E-state index is 12.5. The summed E-state index contributed by atoms with van der Waals surface area (Å²) in [6.07, 6.45) is 8.25. The predicted molar refractivity (Wildman–Crippen MR) is 82.1 cm³/mol. The van der Waals surface area contributed by atoms with Gasteiger partial charge in [0.25, 0.3) is 5.91 Å². The predicted octanol–water partition coefficient (Wildman–Crippen LogP) is 2.95. The summed E-state index contributed by atoms with van der Waals surface area (Å²) in [5.74, 6) is 0.121. The van der Waals surface area contributed by atoms with E-state index in [0.717, 1.165) is 25.9 Å². The van der Waals surface area contributed by atoms with Crippen LogP contribution in [0.4, 0.5) is 0 Å². The standard InChI is InChI=1S/C17H21N3O/c21-17(19-10-6-1-2-7-11-19)16-12-18-20(14-16)13-15-8-4-3-5-9-15/h3-5,8-9,12,14H,1-2,6-7,10-11,13H2. The summed E-state index contributed by atoms with van der Waals surface area (Å²) in [6.45, 7) is 2.46. The summed E-state index contributed by atoms with van der Waals surface area (Å²) in [7, 11) is 0. The van der Waals surface area contributed by atoms with E-state index in [1.165, 1.54) is 18.4 Å². The highest BCUT2D eigenvalue weighted by molar-refractivity contribution is 5.93. The highest BCUT2D eigenvalue weighted by Crippen LogP contribution is 2.13. The van der Waals surface area contributed by atoms with E-state index < -0.39 is 0 Å². The van der Waals surface area contributed by atoms with Crippen molar-refractivity contribution >= 4 is 5.91 Å². The van der Waals surface area contributed by atoms with Crippen LogP contribution in [0, 0.1) is 0 Å². The van der Waals surface area contributed by atoms with Crippen LogP contribution in [0.25, 0.3) is 0 Å². The van der Waals surface area contributed by atoms with Crippen LogP contribution >= 0.6 is 0 Å². The van der Waals surface area contributed by atoms with E-state index in [1.807, 2.05) is 34.0 Å². The Morgan fingerprint density at radius 2 is 1.76 bits per heavy atom. The summed E-state index contributed by atoms with van der Waals surface area (Å²) in [4.78, 5) is 14.5. The van der Waals surface area contributed by atoms with Gasteiger partial charge in [0.1, 0.15) is 0 Å². The average Bonchev–Trinajstić information content (AvgIpc) is 2.81. The second-order valence-electron chi connectivity index (χ2n) is 5.62. The molecule has 0 saturated carbocycles. The van der Waals surface area contributed by atoms with Gasteiger partial charge in [-0.15, -0.1) is 0 Å². The first-order chi connectivity index (χ1) is 10.3. The third-order valence-electron chi connectivity index (χ3n) is 3.96. The number of hydrogen-bond acceptors (Lipinski definition) is 2. The third-order valence-corrected chi connectivity index (χ3v) is 3.96. The maximum Gasteiger partial charge on any atom is 0.257 e. The van der Waals surface area contributed by atoms with Crippen LogP contribution < -0.4 is 0 Å². The molecule has 1 aliphatic rings. The molecule has 1 saturated heterocycles. The van der Waals surface area contributed by atoms with Crippen molar-refractivity contribution in [2.45, 2.75) is 32.2 Å². The van der Waals surface area contributed by atoms with Crippen molar-refractivity contribution in [3.8, 4) is 0 Å².